The predicted octanol–water partition coefficient (Wildman–Crippen LogP) is -0.176. The van der Waals surface area contributed by atoms with E-state index in [-0.39, 0.29) is 34.9 Å². The Morgan fingerprint density at radius 3 is 2.73 bits per heavy atom. The number of aliphatic carboxylic acids is 1. The molecule has 0 saturated carbocycles. The van der Waals surface area contributed by atoms with Crippen molar-refractivity contribution in [3.63, 3.8) is 0 Å². The number of carbonyl (C=O) groups is 4. The topological polar surface area (TPSA) is 195 Å². The average molecular weight is 491 g/mol. The van der Waals surface area contributed by atoms with Gasteiger partial charge in [0.2, 0.25) is 5.91 Å². The van der Waals surface area contributed by atoms with E-state index in [4.69, 9.17) is 15.9 Å². The number of rotatable bonds is 8. The number of hydrogen-bond donors (Lipinski definition) is 4. The van der Waals surface area contributed by atoms with E-state index >= 15 is 0 Å². The molecule has 2 atom stereocenters. The zero-order chi connectivity index (χ0) is 23.7. The minimum Gasteiger partial charge on any atom is -0.477 e. The van der Waals surface area contributed by atoms with Gasteiger partial charge in [-0.1, -0.05) is 30.0 Å². The Bertz CT molecular complexity index is 1180. The van der Waals surface area contributed by atoms with Crippen LogP contribution in [0.2, 0.25) is 0 Å². The summed E-state index contributed by atoms with van der Waals surface area (Å²) < 4.78 is 5.09. The number of thioether (sulfide) groups is 2. The minimum atomic E-state index is -1.26. The Hall–Kier alpha value is -3.52. The number of aromatic nitrogens is 2. The molecule has 33 heavy (non-hydrogen) atoms. The van der Waals surface area contributed by atoms with E-state index in [1.165, 1.54) is 16.7 Å². The van der Waals surface area contributed by atoms with E-state index in [0.717, 1.165) is 11.8 Å². The fourth-order valence-corrected chi connectivity index (χ4v) is 5.65. The smallest absolute Gasteiger partial charge is 0.352 e. The summed E-state index contributed by atoms with van der Waals surface area (Å²) in [7, 11) is 0. The third-order valence-corrected chi connectivity index (χ3v) is 7.20. The maximum absolute atomic E-state index is 12.7. The van der Waals surface area contributed by atoms with Gasteiger partial charge in [-0.3, -0.25) is 19.3 Å². The van der Waals surface area contributed by atoms with Gasteiger partial charge in [0.1, 0.15) is 17.1 Å². The van der Waals surface area contributed by atoms with Crippen LogP contribution >= 0.6 is 23.5 Å². The largest absolute Gasteiger partial charge is 0.477 e. The molecule has 2 aliphatic rings. The fraction of sp³-hybridized carbons (Fsp3) is 0.263. The first-order valence-electron chi connectivity index (χ1n) is 9.55. The van der Waals surface area contributed by atoms with Crippen molar-refractivity contribution in [2.45, 2.75) is 23.1 Å². The molecule has 0 spiro atoms. The first-order chi connectivity index (χ1) is 15.8. The highest BCUT2D eigenvalue weighted by atomic mass is 32.2. The summed E-state index contributed by atoms with van der Waals surface area (Å²) in [4.78, 5) is 49.3. The molecule has 1 unspecified atom stereocenters. The van der Waals surface area contributed by atoms with Gasteiger partial charge < -0.3 is 26.3 Å². The normalized spacial score (nSPS) is 19.6. The number of benzene rings is 1. The van der Waals surface area contributed by atoms with Crippen molar-refractivity contribution < 1.29 is 28.7 Å². The summed E-state index contributed by atoms with van der Waals surface area (Å²) in [6, 6.07) is 6.10. The standard InChI is InChI=1S/C19H18N6O6S2/c20-10-4-2-1-3-8(10)5-11(26)22-12-16(28)25-13(18(29)30)9(6-32-17(12)25)7-33-19-24-23-15(31-19)14(21)27/h1-4,12,17H,5-7,20H2,(H2,21,27)(H,22,26)(H,29,30)/t12?,17-/m1/s1. The van der Waals surface area contributed by atoms with Gasteiger partial charge >= 0.3 is 17.8 Å². The second-order valence-corrected chi connectivity index (χ2v) is 9.15. The average Bonchev–Trinajstić information content (AvgIpc) is 3.26. The number of nitrogens with two attached hydrogens (primary N) is 2. The Kier molecular flexibility index (Phi) is 6.29. The van der Waals surface area contributed by atoms with E-state index in [2.05, 4.69) is 15.5 Å². The third kappa shape index (κ3) is 4.52. The summed E-state index contributed by atoms with van der Waals surface area (Å²) in [6.45, 7) is 0. The highest BCUT2D eigenvalue weighted by Gasteiger charge is 2.54. The Balaban J connectivity index is 1.43. The van der Waals surface area contributed by atoms with Crippen molar-refractivity contribution in [2.75, 3.05) is 17.2 Å². The molecule has 172 valence electrons. The van der Waals surface area contributed by atoms with Gasteiger partial charge in [-0.2, -0.15) is 0 Å². The highest BCUT2D eigenvalue weighted by Crippen LogP contribution is 2.41. The van der Waals surface area contributed by atoms with Crippen LogP contribution in [0.25, 0.3) is 0 Å². The molecule has 6 N–H and O–H groups in total. The highest BCUT2D eigenvalue weighted by molar-refractivity contribution is 8.01. The lowest BCUT2D eigenvalue weighted by molar-refractivity contribution is -0.150. The van der Waals surface area contributed by atoms with Gasteiger partial charge in [0.15, 0.2) is 0 Å². The number of nitrogens with zero attached hydrogens (tertiary/aromatic N) is 3. The van der Waals surface area contributed by atoms with Gasteiger partial charge in [-0.15, -0.1) is 22.0 Å². The molecule has 12 nitrogen and oxygen atoms in total. The Morgan fingerprint density at radius 2 is 2.06 bits per heavy atom. The monoisotopic (exact) mass is 490 g/mol. The lowest BCUT2D eigenvalue weighted by Crippen LogP contribution is -2.70. The number of hydrogen-bond acceptors (Lipinski definition) is 10. The number of anilines is 1. The maximum Gasteiger partial charge on any atom is 0.352 e. The fourth-order valence-electron chi connectivity index (χ4n) is 3.40. The molecule has 2 aliphatic heterocycles. The number of fused-ring (bicyclic) bond motifs is 1. The molecule has 0 radical (unpaired) electrons. The SMILES string of the molecule is NC(=O)c1nnc(SCC2=C(C(=O)O)N3C(=O)C(NC(=O)Cc4ccccc4N)[C@H]3SC2)o1. The van der Waals surface area contributed by atoms with Crippen LogP contribution in [-0.4, -0.2) is 66.8 Å². The van der Waals surface area contributed by atoms with Crippen molar-refractivity contribution in [1.29, 1.82) is 0 Å². The zero-order valence-corrected chi connectivity index (χ0v) is 18.5. The van der Waals surface area contributed by atoms with E-state index < -0.39 is 29.2 Å². The van der Waals surface area contributed by atoms with Crippen molar-refractivity contribution in [2.24, 2.45) is 5.73 Å². The van der Waals surface area contributed by atoms with Crippen molar-refractivity contribution in [3.05, 3.63) is 47.0 Å². The van der Waals surface area contributed by atoms with Crippen LogP contribution in [-0.2, 0) is 20.8 Å². The van der Waals surface area contributed by atoms with Gasteiger partial charge in [0.05, 0.1) is 6.42 Å². The number of carboxylic acid groups (broad SMARTS) is 1. The number of nitrogens with one attached hydrogen (secondary N) is 1. The first kappa shape index (κ1) is 22.7. The molecule has 3 amide bonds. The molecule has 0 aliphatic carbocycles. The van der Waals surface area contributed by atoms with Crippen LogP contribution in [0.1, 0.15) is 16.2 Å². The minimum absolute atomic E-state index is 0.00876. The quantitative estimate of drug-likeness (QED) is 0.218. The second kappa shape index (κ2) is 9.15. The summed E-state index contributed by atoms with van der Waals surface area (Å²) in [5.74, 6) is -2.89. The zero-order valence-electron chi connectivity index (χ0n) is 16.9. The molecule has 1 fully saturated rings. The third-order valence-electron chi connectivity index (χ3n) is 4.96. The number of primary amides is 1. The summed E-state index contributed by atoms with van der Waals surface area (Å²) in [6.07, 6.45) is 0.00876. The van der Waals surface area contributed by atoms with Crippen molar-refractivity contribution in [1.82, 2.24) is 20.4 Å². The van der Waals surface area contributed by atoms with E-state index in [1.54, 1.807) is 24.3 Å². The number of carbonyl (C=O) groups excluding carboxylic acids is 3. The first-order valence-corrected chi connectivity index (χ1v) is 11.6. The van der Waals surface area contributed by atoms with Gasteiger partial charge in [0.25, 0.3) is 11.1 Å². The molecule has 1 aromatic heterocycles. The van der Waals surface area contributed by atoms with E-state index in [1.807, 2.05) is 0 Å². The molecule has 2 aromatic rings. The van der Waals surface area contributed by atoms with Crippen LogP contribution in [0, 0.1) is 0 Å². The van der Waals surface area contributed by atoms with E-state index in [0.29, 0.717) is 22.6 Å². The molecule has 0 bridgehead atoms. The maximum atomic E-state index is 12.7. The molecule has 14 heteroatoms. The van der Waals surface area contributed by atoms with Crippen molar-refractivity contribution >= 4 is 52.9 Å². The van der Waals surface area contributed by atoms with Crippen LogP contribution in [0.15, 0.2) is 45.2 Å². The molecular formula is C19H18N6O6S2. The molecule has 1 saturated heterocycles. The lowest BCUT2D eigenvalue weighted by Gasteiger charge is -2.49. The van der Waals surface area contributed by atoms with Gasteiger partial charge in [-0.25, -0.2) is 4.79 Å². The number of β-lactam (4-membered cyclic amide) rings is 1. The molecular weight excluding hydrogens is 472 g/mol. The van der Waals surface area contributed by atoms with Crippen LogP contribution in [0.4, 0.5) is 5.69 Å². The number of carboxylic acids is 1. The second-order valence-electron chi connectivity index (χ2n) is 7.11. The number of para-hydroxylation sites is 1. The Labute approximate surface area is 195 Å². The molecule has 4 rings (SSSR count). The lowest BCUT2D eigenvalue weighted by atomic mass is 10.0. The Morgan fingerprint density at radius 1 is 1.30 bits per heavy atom. The predicted molar refractivity (Wildman–Crippen MR) is 118 cm³/mol. The van der Waals surface area contributed by atoms with Crippen LogP contribution in [0.5, 0.6) is 0 Å². The number of amides is 3. The molecule has 3 heterocycles. The summed E-state index contributed by atoms with van der Waals surface area (Å²) in [5, 5.41) is 19.1. The summed E-state index contributed by atoms with van der Waals surface area (Å²) >= 11 is 2.37. The number of nitrogen functional groups attached to an aromatic ring is 1. The van der Waals surface area contributed by atoms with Crippen molar-refractivity contribution in [3.8, 4) is 0 Å². The van der Waals surface area contributed by atoms with Crippen LogP contribution < -0.4 is 16.8 Å². The van der Waals surface area contributed by atoms with E-state index in [9.17, 15) is 24.3 Å². The summed E-state index contributed by atoms with van der Waals surface area (Å²) in [5.41, 5.74) is 12.4. The van der Waals surface area contributed by atoms with Gasteiger partial charge in [0, 0.05) is 17.2 Å². The van der Waals surface area contributed by atoms with Crippen LogP contribution in [0.3, 0.4) is 0 Å². The molecule has 1 aromatic carbocycles. The van der Waals surface area contributed by atoms with Gasteiger partial charge in [-0.05, 0) is 17.2 Å².